The summed E-state index contributed by atoms with van der Waals surface area (Å²) in [6.07, 6.45) is 1.81. The SMILES string of the molecule is O=C(/C=C\c1ccccc1)N[C@H](Nc1ccccc1F)C(Cl)(Cl)Cl. The van der Waals surface area contributed by atoms with Crippen molar-refractivity contribution >= 4 is 52.5 Å². The van der Waals surface area contributed by atoms with Gasteiger partial charge in [-0.2, -0.15) is 0 Å². The minimum Gasteiger partial charge on any atom is -0.359 e. The van der Waals surface area contributed by atoms with Crippen molar-refractivity contribution < 1.29 is 9.18 Å². The van der Waals surface area contributed by atoms with Gasteiger partial charge in [0.1, 0.15) is 12.0 Å². The molecule has 126 valence electrons. The number of hydrogen-bond donors (Lipinski definition) is 2. The molecule has 0 spiro atoms. The van der Waals surface area contributed by atoms with E-state index in [0.717, 1.165) is 5.56 Å². The van der Waals surface area contributed by atoms with Gasteiger partial charge in [0.15, 0.2) is 0 Å². The predicted octanol–water partition coefficient (Wildman–Crippen LogP) is 4.76. The first-order valence-electron chi connectivity index (χ1n) is 6.97. The molecule has 24 heavy (non-hydrogen) atoms. The number of amides is 1. The zero-order valence-corrected chi connectivity index (χ0v) is 14.6. The largest absolute Gasteiger partial charge is 0.359 e. The Kier molecular flexibility index (Phi) is 6.49. The maximum absolute atomic E-state index is 13.7. The Hall–Kier alpha value is -1.75. The van der Waals surface area contributed by atoms with Crippen LogP contribution in [0.4, 0.5) is 10.1 Å². The normalized spacial score (nSPS) is 12.8. The van der Waals surface area contributed by atoms with Crippen LogP contribution in [0.2, 0.25) is 0 Å². The second-order valence-electron chi connectivity index (χ2n) is 4.85. The number of anilines is 1. The number of para-hydroxylation sites is 1. The Labute approximate surface area is 154 Å². The topological polar surface area (TPSA) is 41.1 Å². The average molecular weight is 388 g/mol. The molecule has 0 aliphatic carbocycles. The van der Waals surface area contributed by atoms with Crippen LogP contribution < -0.4 is 10.6 Å². The Morgan fingerprint density at radius 3 is 2.29 bits per heavy atom. The van der Waals surface area contributed by atoms with Gasteiger partial charge in [0.25, 0.3) is 0 Å². The number of halogens is 4. The molecule has 0 aromatic heterocycles. The molecule has 2 aromatic carbocycles. The summed E-state index contributed by atoms with van der Waals surface area (Å²) in [4.78, 5) is 12.0. The molecule has 0 radical (unpaired) electrons. The van der Waals surface area contributed by atoms with Crippen LogP contribution in [-0.4, -0.2) is 15.9 Å². The molecule has 1 amide bonds. The van der Waals surface area contributed by atoms with Crippen LogP contribution in [0.5, 0.6) is 0 Å². The molecule has 7 heteroatoms. The number of alkyl halides is 3. The molecule has 1 atom stereocenters. The first-order valence-corrected chi connectivity index (χ1v) is 8.11. The lowest BCUT2D eigenvalue weighted by Gasteiger charge is -2.27. The van der Waals surface area contributed by atoms with Gasteiger partial charge in [-0.05, 0) is 23.8 Å². The van der Waals surface area contributed by atoms with Gasteiger partial charge >= 0.3 is 0 Å². The van der Waals surface area contributed by atoms with Gasteiger partial charge in [0.05, 0.1) is 5.69 Å². The van der Waals surface area contributed by atoms with E-state index in [1.165, 1.54) is 24.3 Å². The van der Waals surface area contributed by atoms with E-state index in [4.69, 9.17) is 34.8 Å². The Morgan fingerprint density at radius 1 is 1.04 bits per heavy atom. The minimum atomic E-state index is -1.88. The first kappa shape index (κ1) is 18.6. The van der Waals surface area contributed by atoms with E-state index in [1.807, 2.05) is 30.3 Å². The van der Waals surface area contributed by atoms with Crippen LogP contribution in [-0.2, 0) is 4.79 Å². The lowest BCUT2D eigenvalue weighted by Crippen LogP contribution is -2.48. The minimum absolute atomic E-state index is 0.112. The van der Waals surface area contributed by atoms with Gasteiger partial charge < -0.3 is 10.6 Å². The molecule has 0 bridgehead atoms. The molecule has 2 aromatic rings. The van der Waals surface area contributed by atoms with Crippen LogP contribution in [0.25, 0.3) is 6.08 Å². The summed E-state index contributed by atoms with van der Waals surface area (Å²) >= 11 is 17.6. The number of carbonyl (C=O) groups excluding carboxylic acids is 1. The van der Waals surface area contributed by atoms with E-state index in [2.05, 4.69) is 10.6 Å². The maximum Gasteiger partial charge on any atom is 0.245 e. The van der Waals surface area contributed by atoms with Crippen LogP contribution >= 0.6 is 34.8 Å². The molecule has 0 fully saturated rings. The highest BCUT2D eigenvalue weighted by molar-refractivity contribution is 6.68. The molecule has 0 saturated carbocycles. The van der Waals surface area contributed by atoms with Crippen LogP contribution in [0, 0.1) is 5.82 Å². The summed E-state index contributed by atoms with van der Waals surface area (Å²) < 4.78 is 11.9. The van der Waals surface area contributed by atoms with Crippen LogP contribution in [0.15, 0.2) is 60.7 Å². The van der Waals surface area contributed by atoms with Crippen molar-refractivity contribution in [3.63, 3.8) is 0 Å². The zero-order chi connectivity index (χ0) is 17.6. The van der Waals surface area contributed by atoms with E-state index in [1.54, 1.807) is 12.1 Å². The van der Waals surface area contributed by atoms with Crippen molar-refractivity contribution in [1.82, 2.24) is 5.32 Å². The number of carbonyl (C=O) groups is 1. The Bertz CT molecular complexity index is 717. The van der Waals surface area contributed by atoms with E-state index in [9.17, 15) is 9.18 Å². The second kappa shape index (κ2) is 8.38. The molecule has 0 saturated heterocycles. The van der Waals surface area contributed by atoms with Crippen molar-refractivity contribution in [2.75, 3.05) is 5.32 Å². The van der Waals surface area contributed by atoms with Crippen molar-refractivity contribution in [3.8, 4) is 0 Å². The van der Waals surface area contributed by atoms with Gasteiger partial charge in [-0.3, -0.25) is 4.79 Å². The molecule has 0 heterocycles. The van der Waals surface area contributed by atoms with Gasteiger partial charge in [0, 0.05) is 6.08 Å². The standard InChI is InChI=1S/C17H14Cl3FN2O/c18-17(19,20)16(22-14-9-5-4-8-13(14)21)23-15(24)11-10-12-6-2-1-3-7-12/h1-11,16,22H,(H,23,24)/b11-10-/t16-/m0/s1. The van der Waals surface area contributed by atoms with Crippen molar-refractivity contribution in [2.45, 2.75) is 9.96 Å². The summed E-state index contributed by atoms with van der Waals surface area (Å²) in [5, 5.41) is 5.18. The highest BCUT2D eigenvalue weighted by atomic mass is 35.6. The Morgan fingerprint density at radius 2 is 1.67 bits per heavy atom. The lowest BCUT2D eigenvalue weighted by molar-refractivity contribution is -0.116. The second-order valence-corrected chi connectivity index (χ2v) is 7.22. The van der Waals surface area contributed by atoms with Gasteiger partial charge in [-0.25, -0.2) is 4.39 Å². The molecule has 0 unspecified atom stereocenters. The number of nitrogens with one attached hydrogen (secondary N) is 2. The summed E-state index contributed by atoms with van der Waals surface area (Å²) in [6.45, 7) is 0. The molecule has 2 N–H and O–H groups in total. The fraction of sp³-hybridized carbons (Fsp3) is 0.118. The summed E-state index contributed by atoms with van der Waals surface area (Å²) in [6, 6.07) is 15.1. The van der Waals surface area contributed by atoms with Gasteiger partial charge in [-0.15, -0.1) is 0 Å². The van der Waals surface area contributed by atoms with Crippen molar-refractivity contribution in [3.05, 3.63) is 72.1 Å². The molecule has 2 rings (SSSR count). The lowest BCUT2D eigenvalue weighted by atomic mass is 10.2. The van der Waals surface area contributed by atoms with E-state index < -0.39 is 21.7 Å². The number of rotatable bonds is 5. The van der Waals surface area contributed by atoms with Crippen molar-refractivity contribution in [2.24, 2.45) is 0 Å². The van der Waals surface area contributed by atoms with Gasteiger partial charge in [-0.1, -0.05) is 77.3 Å². The Balaban J connectivity index is 2.08. The highest BCUT2D eigenvalue weighted by Crippen LogP contribution is 2.31. The van der Waals surface area contributed by atoms with Gasteiger partial charge in [0.2, 0.25) is 9.70 Å². The van der Waals surface area contributed by atoms with E-state index >= 15 is 0 Å². The van der Waals surface area contributed by atoms with Crippen molar-refractivity contribution in [1.29, 1.82) is 0 Å². The van der Waals surface area contributed by atoms with Crippen LogP contribution in [0.3, 0.4) is 0 Å². The molecular formula is C17H14Cl3FN2O. The van der Waals surface area contributed by atoms with Crippen LogP contribution in [0.1, 0.15) is 5.56 Å². The zero-order valence-electron chi connectivity index (χ0n) is 12.3. The summed E-state index contributed by atoms with van der Waals surface area (Å²) in [5.74, 6) is -1.01. The summed E-state index contributed by atoms with van der Waals surface area (Å²) in [7, 11) is 0. The third kappa shape index (κ3) is 5.71. The summed E-state index contributed by atoms with van der Waals surface area (Å²) in [5.41, 5.74) is 0.960. The maximum atomic E-state index is 13.7. The third-order valence-corrected chi connectivity index (χ3v) is 3.67. The fourth-order valence-electron chi connectivity index (χ4n) is 1.86. The molecule has 0 aliphatic heterocycles. The van der Waals surface area contributed by atoms with E-state index in [-0.39, 0.29) is 5.69 Å². The molecular weight excluding hydrogens is 374 g/mol. The third-order valence-electron chi connectivity index (χ3n) is 3.01. The van der Waals surface area contributed by atoms with E-state index in [0.29, 0.717) is 0 Å². The number of benzene rings is 2. The average Bonchev–Trinajstić information content (AvgIpc) is 2.54. The quantitative estimate of drug-likeness (QED) is 0.441. The first-order chi connectivity index (χ1) is 11.4. The molecule has 0 aliphatic rings. The molecule has 3 nitrogen and oxygen atoms in total. The smallest absolute Gasteiger partial charge is 0.245 e. The monoisotopic (exact) mass is 386 g/mol. The highest BCUT2D eigenvalue weighted by Gasteiger charge is 2.34. The fourth-order valence-corrected chi connectivity index (χ4v) is 2.19. The predicted molar refractivity (Wildman–Crippen MR) is 97.7 cm³/mol. The number of hydrogen-bond acceptors (Lipinski definition) is 2.